The summed E-state index contributed by atoms with van der Waals surface area (Å²) >= 11 is 5.89. The van der Waals surface area contributed by atoms with E-state index in [0.29, 0.717) is 10.2 Å². The molecule has 1 N–H and O–H groups in total. The molecule has 0 aliphatic rings. The smallest absolute Gasteiger partial charge is 0.336 e. The van der Waals surface area contributed by atoms with Gasteiger partial charge in [0.25, 0.3) is 5.91 Å². The van der Waals surface area contributed by atoms with Gasteiger partial charge in [0.1, 0.15) is 5.54 Å². The van der Waals surface area contributed by atoms with E-state index < -0.39 is 40.6 Å². The number of nitrogens with zero attached hydrogens (tertiary/aromatic N) is 3. The zero-order valence-corrected chi connectivity index (χ0v) is 22.8. The number of alkyl halides is 6. The quantitative estimate of drug-likeness (QED) is 0.190. The van der Waals surface area contributed by atoms with Crippen molar-refractivity contribution in [1.29, 1.82) is 0 Å². The minimum Gasteiger partial charge on any atom is -0.336 e. The van der Waals surface area contributed by atoms with Crippen LogP contribution in [0.4, 0.5) is 26.3 Å². The van der Waals surface area contributed by atoms with E-state index in [2.05, 4.69) is 15.4 Å². The summed E-state index contributed by atoms with van der Waals surface area (Å²) in [5.74, 6) is -1.22. The molecular weight excluding hydrogens is 594 g/mol. The number of benzene rings is 3. The molecular formula is C31H21ClF6N4O. The highest BCUT2D eigenvalue weighted by Crippen LogP contribution is 2.39. The monoisotopic (exact) mass is 614 g/mol. The van der Waals surface area contributed by atoms with Gasteiger partial charge in [0, 0.05) is 17.6 Å². The highest BCUT2D eigenvalue weighted by atomic mass is 35.5. The molecule has 0 aliphatic heterocycles. The number of pyridine rings is 1. The Kier molecular flexibility index (Phi) is 8.02. The van der Waals surface area contributed by atoms with Crippen LogP contribution in [0.15, 0.2) is 109 Å². The minimum absolute atomic E-state index is 0.00562. The summed E-state index contributed by atoms with van der Waals surface area (Å²) in [5.41, 5.74) is -4.37. The van der Waals surface area contributed by atoms with Gasteiger partial charge < -0.3 is 5.32 Å². The number of halogens is 7. The van der Waals surface area contributed by atoms with Crippen molar-refractivity contribution in [2.24, 2.45) is 0 Å². The predicted molar refractivity (Wildman–Crippen MR) is 148 cm³/mol. The van der Waals surface area contributed by atoms with Crippen LogP contribution in [0.3, 0.4) is 0 Å². The molecule has 12 heteroatoms. The fraction of sp³-hybridized carbons (Fsp3) is 0.129. The molecule has 5 rings (SSSR count). The fourth-order valence-electron chi connectivity index (χ4n) is 4.83. The zero-order chi connectivity index (χ0) is 30.8. The highest BCUT2D eigenvalue weighted by molar-refractivity contribution is 6.30. The van der Waals surface area contributed by atoms with Crippen molar-refractivity contribution in [1.82, 2.24) is 20.1 Å². The van der Waals surface area contributed by atoms with Crippen LogP contribution in [0.1, 0.15) is 38.4 Å². The van der Waals surface area contributed by atoms with E-state index in [4.69, 9.17) is 11.6 Å². The van der Waals surface area contributed by atoms with Gasteiger partial charge in [-0.2, -0.15) is 31.4 Å². The lowest BCUT2D eigenvalue weighted by Gasteiger charge is -2.36. The van der Waals surface area contributed by atoms with Crippen molar-refractivity contribution in [2.75, 3.05) is 0 Å². The molecule has 5 nitrogen and oxygen atoms in total. The van der Waals surface area contributed by atoms with E-state index in [1.807, 2.05) is 0 Å². The fourth-order valence-corrected chi connectivity index (χ4v) is 4.95. The summed E-state index contributed by atoms with van der Waals surface area (Å²) in [7, 11) is 0. The Labute approximate surface area is 246 Å². The average molecular weight is 615 g/mol. The van der Waals surface area contributed by atoms with E-state index in [0.717, 1.165) is 18.3 Å². The SMILES string of the molecule is O=C(NC(Cc1ccccc1)(c1cccc(C(F)(F)F)c1)c1ccccn1)c1cnn(-c2ccc(Cl)cc2)c1C(F)(F)F. The summed E-state index contributed by atoms with van der Waals surface area (Å²) in [6.45, 7) is 0. The summed E-state index contributed by atoms with van der Waals surface area (Å²) in [4.78, 5) is 18.3. The molecule has 1 unspecified atom stereocenters. The number of hydrogen-bond donors (Lipinski definition) is 1. The number of amides is 1. The van der Waals surface area contributed by atoms with E-state index in [9.17, 15) is 31.1 Å². The van der Waals surface area contributed by atoms with Crippen molar-refractivity contribution in [3.63, 3.8) is 0 Å². The van der Waals surface area contributed by atoms with Gasteiger partial charge in [-0.3, -0.25) is 9.78 Å². The van der Waals surface area contributed by atoms with Crippen molar-refractivity contribution in [3.8, 4) is 5.69 Å². The lowest BCUT2D eigenvalue weighted by Crippen LogP contribution is -2.49. The summed E-state index contributed by atoms with van der Waals surface area (Å²) in [6, 6.07) is 22.8. The third-order valence-corrected chi connectivity index (χ3v) is 7.03. The van der Waals surface area contributed by atoms with Crippen LogP contribution >= 0.6 is 11.6 Å². The second kappa shape index (κ2) is 11.6. The molecule has 0 bridgehead atoms. The van der Waals surface area contributed by atoms with Crippen LogP contribution in [0.5, 0.6) is 0 Å². The van der Waals surface area contributed by atoms with Gasteiger partial charge >= 0.3 is 12.4 Å². The van der Waals surface area contributed by atoms with Crippen LogP contribution in [-0.2, 0) is 24.3 Å². The molecule has 2 aromatic heterocycles. The Morgan fingerprint density at radius 2 is 1.47 bits per heavy atom. The van der Waals surface area contributed by atoms with Gasteiger partial charge in [-0.15, -0.1) is 0 Å². The Morgan fingerprint density at radius 1 is 0.791 bits per heavy atom. The maximum absolute atomic E-state index is 14.5. The van der Waals surface area contributed by atoms with Gasteiger partial charge in [-0.05, 0) is 59.7 Å². The number of carbonyl (C=O) groups excluding carboxylic acids is 1. The molecule has 220 valence electrons. The van der Waals surface area contributed by atoms with Gasteiger partial charge in [-0.25, -0.2) is 4.68 Å². The zero-order valence-electron chi connectivity index (χ0n) is 22.0. The number of nitrogens with one attached hydrogen (secondary N) is 1. The Morgan fingerprint density at radius 3 is 2.09 bits per heavy atom. The molecule has 2 heterocycles. The Bertz CT molecular complexity index is 1720. The molecule has 0 saturated heterocycles. The van der Waals surface area contributed by atoms with Crippen LogP contribution in [0.2, 0.25) is 5.02 Å². The maximum atomic E-state index is 14.5. The number of carbonyl (C=O) groups is 1. The molecule has 5 aromatic rings. The minimum atomic E-state index is -5.04. The van der Waals surface area contributed by atoms with Crippen LogP contribution < -0.4 is 5.32 Å². The number of hydrogen-bond acceptors (Lipinski definition) is 3. The lowest BCUT2D eigenvalue weighted by molar-refractivity contribution is -0.143. The number of rotatable bonds is 7. The van der Waals surface area contributed by atoms with Gasteiger partial charge in [-0.1, -0.05) is 60.1 Å². The second-order valence-electron chi connectivity index (χ2n) is 9.61. The van der Waals surface area contributed by atoms with Gasteiger partial charge in [0.2, 0.25) is 0 Å². The van der Waals surface area contributed by atoms with Crippen molar-refractivity contribution in [2.45, 2.75) is 24.3 Å². The van der Waals surface area contributed by atoms with Crippen molar-refractivity contribution >= 4 is 17.5 Å². The normalized spacial score (nSPS) is 13.4. The Hall–Kier alpha value is -4.64. The second-order valence-corrected chi connectivity index (χ2v) is 10.0. The lowest BCUT2D eigenvalue weighted by atomic mass is 9.79. The molecule has 1 atom stereocenters. The largest absolute Gasteiger partial charge is 0.434 e. The first kappa shape index (κ1) is 29.8. The standard InChI is InChI=1S/C31H21ClF6N4O/c32-23-12-14-24(15-13-23)42-27(31(36,37)38)25(19-40-42)28(43)41-29(26-11-4-5-16-39-26,18-20-7-2-1-3-8-20)21-9-6-10-22(17-21)30(33,34)35/h1-17,19H,18H2,(H,41,43). The first-order valence-corrected chi connectivity index (χ1v) is 13.1. The maximum Gasteiger partial charge on any atom is 0.434 e. The topological polar surface area (TPSA) is 59.8 Å². The highest BCUT2D eigenvalue weighted by Gasteiger charge is 2.44. The van der Waals surface area contributed by atoms with E-state index in [1.165, 1.54) is 48.7 Å². The van der Waals surface area contributed by atoms with Gasteiger partial charge in [0.05, 0.1) is 28.7 Å². The number of aromatic nitrogens is 3. The molecule has 0 fully saturated rings. The Balaban J connectivity index is 1.71. The van der Waals surface area contributed by atoms with Crippen molar-refractivity contribution in [3.05, 3.63) is 148 Å². The molecule has 0 saturated carbocycles. The van der Waals surface area contributed by atoms with E-state index in [1.54, 1.807) is 42.5 Å². The molecule has 0 spiro atoms. The van der Waals surface area contributed by atoms with Crippen LogP contribution in [0, 0.1) is 0 Å². The van der Waals surface area contributed by atoms with Gasteiger partial charge in [0.15, 0.2) is 5.69 Å². The predicted octanol–water partition coefficient (Wildman–Crippen LogP) is 7.87. The molecule has 0 aliphatic carbocycles. The molecule has 0 radical (unpaired) electrons. The molecule has 1 amide bonds. The summed E-state index contributed by atoms with van der Waals surface area (Å²) in [6.07, 6.45) is -7.75. The third-order valence-electron chi connectivity index (χ3n) is 6.78. The first-order valence-electron chi connectivity index (χ1n) is 12.8. The third kappa shape index (κ3) is 6.26. The molecule has 43 heavy (non-hydrogen) atoms. The van der Waals surface area contributed by atoms with E-state index in [-0.39, 0.29) is 28.4 Å². The average Bonchev–Trinajstić information content (AvgIpc) is 3.44. The first-order chi connectivity index (χ1) is 20.4. The summed E-state index contributed by atoms with van der Waals surface area (Å²) < 4.78 is 85.5. The van der Waals surface area contributed by atoms with Crippen molar-refractivity contribution < 1.29 is 31.1 Å². The molecule has 3 aromatic carbocycles. The summed E-state index contributed by atoms with van der Waals surface area (Å²) in [5, 5.41) is 6.77. The van der Waals surface area contributed by atoms with E-state index >= 15 is 0 Å². The van der Waals surface area contributed by atoms with Crippen LogP contribution in [-0.4, -0.2) is 20.7 Å². The van der Waals surface area contributed by atoms with Crippen LogP contribution in [0.25, 0.3) is 5.69 Å².